The Kier molecular flexibility index (Phi) is 3.90. The fourth-order valence-electron chi connectivity index (χ4n) is 1.77. The third kappa shape index (κ3) is 2.79. The first-order valence-electron chi connectivity index (χ1n) is 5.85. The van der Waals surface area contributed by atoms with Crippen molar-refractivity contribution < 1.29 is 14.3 Å². The average molecular weight is 280 g/mol. The van der Waals surface area contributed by atoms with Crippen LogP contribution in [-0.2, 0) is 0 Å². The highest BCUT2D eigenvalue weighted by atomic mass is 35.5. The molecule has 4 nitrogen and oxygen atoms in total. The van der Waals surface area contributed by atoms with Crippen LogP contribution in [0.3, 0.4) is 0 Å². The minimum atomic E-state index is 0.0195. The van der Waals surface area contributed by atoms with Crippen LogP contribution in [-0.4, -0.2) is 24.5 Å². The molecular formula is C14H14ClNO3. The number of carbonyl (C=O) groups is 1. The molecule has 1 aromatic carbocycles. The zero-order chi connectivity index (χ0) is 14.0. The van der Waals surface area contributed by atoms with Crippen molar-refractivity contribution in [3.63, 3.8) is 0 Å². The maximum absolute atomic E-state index is 10.9. The van der Waals surface area contributed by atoms with E-state index < -0.39 is 0 Å². The molecule has 100 valence electrons. The Hall–Kier alpha value is -1.81. The van der Waals surface area contributed by atoms with Crippen LogP contribution in [0.1, 0.15) is 24.2 Å². The fraction of sp³-hybridized carbons (Fsp3) is 0.286. The lowest BCUT2D eigenvalue weighted by atomic mass is 10.1. The van der Waals surface area contributed by atoms with E-state index >= 15 is 0 Å². The number of aldehydes is 1. The summed E-state index contributed by atoms with van der Waals surface area (Å²) in [4.78, 5) is 15.2. The molecule has 0 aliphatic carbocycles. The SMILES string of the molecule is COc1nc2cc(OC(C)C)c(Cl)cc2cc1C=O. The predicted molar refractivity (Wildman–Crippen MR) is 74.5 cm³/mol. The van der Waals surface area contributed by atoms with Crippen LogP contribution >= 0.6 is 11.6 Å². The maximum atomic E-state index is 10.9. The highest BCUT2D eigenvalue weighted by molar-refractivity contribution is 6.32. The van der Waals surface area contributed by atoms with Gasteiger partial charge < -0.3 is 9.47 Å². The minimum Gasteiger partial charge on any atom is -0.489 e. The van der Waals surface area contributed by atoms with Gasteiger partial charge in [-0.1, -0.05) is 11.6 Å². The lowest BCUT2D eigenvalue weighted by molar-refractivity contribution is 0.112. The Bertz CT molecular complexity index is 626. The first-order valence-corrected chi connectivity index (χ1v) is 6.23. The third-order valence-corrected chi connectivity index (χ3v) is 2.84. The van der Waals surface area contributed by atoms with E-state index in [2.05, 4.69) is 4.98 Å². The molecule has 0 saturated carbocycles. The smallest absolute Gasteiger partial charge is 0.224 e. The van der Waals surface area contributed by atoms with Gasteiger partial charge in [-0.15, -0.1) is 0 Å². The summed E-state index contributed by atoms with van der Waals surface area (Å²) >= 11 is 6.14. The van der Waals surface area contributed by atoms with Crippen LogP contribution in [0.4, 0.5) is 0 Å². The number of pyridine rings is 1. The molecule has 0 fully saturated rings. The minimum absolute atomic E-state index is 0.0195. The molecule has 19 heavy (non-hydrogen) atoms. The van der Waals surface area contributed by atoms with E-state index in [4.69, 9.17) is 21.1 Å². The van der Waals surface area contributed by atoms with Gasteiger partial charge in [-0.3, -0.25) is 4.79 Å². The van der Waals surface area contributed by atoms with Gasteiger partial charge in [-0.2, -0.15) is 0 Å². The van der Waals surface area contributed by atoms with Gasteiger partial charge in [0.15, 0.2) is 6.29 Å². The van der Waals surface area contributed by atoms with Crippen molar-refractivity contribution in [2.45, 2.75) is 20.0 Å². The van der Waals surface area contributed by atoms with Crippen LogP contribution in [0.2, 0.25) is 5.02 Å². The van der Waals surface area contributed by atoms with E-state index in [0.29, 0.717) is 34.0 Å². The molecule has 0 spiro atoms. The molecule has 0 atom stereocenters. The molecule has 0 aliphatic heterocycles. The van der Waals surface area contributed by atoms with Crippen molar-refractivity contribution in [1.82, 2.24) is 4.98 Å². The topological polar surface area (TPSA) is 48.4 Å². The number of hydrogen-bond acceptors (Lipinski definition) is 4. The number of rotatable bonds is 4. The molecule has 2 aromatic rings. The van der Waals surface area contributed by atoms with E-state index in [1.165, 1.54) is 7.11 Å². The Morgan fingerprint density at radius 1 is 1.32 bits per heavy atom. The van der Waals surface area contributed by atoms with E-state index in [1.807, 2.05) is 13.8 Å². The quantitative estimate of drug-likeness (QED) is 0.804. The molecule has 2 rings (SSSR count). The highest BCUT2D eigenvalue weighted by Crippen LogP contribution is 2.32. The average Bonchev–Trinajstić information content (AvgIpc) is 2.37. The molecule has 0 saturated heterocycles. The Labute approximate surface area is 116 Å². The van der Waals surface area contributed by atoms with Crippen molar-refractivity contribution in [1.29, 1.82) is 0 Å². The van der Waals surface area contributed by atoms with Gasteiger partial charge in [0.1, 0.15) is 5.75 Å². The van der Waals surface area contributed by atoms with E-state index in [1.54, 1.807) is 18.2 Å². The lowest BCUT2D eigenvalue weighted by Gasteiger charge is -2.12. The molecular weight excluding hydrogens is 266 g/mol. The molecule has 0 unspecified atom stereocenters. The van der Waals surface area contributed by atoms with Crippen LogP contribution < -0.4 is 9.47 Å². The number of fused-ring (bicyclic) bond motifs is 1. The van der Waals surface area contributed by atoms with Crippen molar-refractivity contribution in [2.24, 2.45) is 0 Å². The number of hydrogen-bond donors (Lipinski definition) is 0. The second-order valence-corrected chi connectivity index (χ2v) is 4.75. The number of aromatic nitrogens is 1. The monoisotopic (exact) mass is 279 g/mol. The summed E-state index contributed by atoms with van der Waals surface area (Å²) < 4.78 is 10.7. The number of nitrogens with zero attached hydrogens (tertiary/aromatic N) is 1. The van der Waals surface area contributed by atoms with Gasteiger partial charge in [0.2, 0.25) is 5.88 Å². The third-order valence-electron chi connectivity index (χ3n) is 2.54. The van der Waals surface area contributed by atoms with E-state index in [9.17, 15) is 4.79 Å². The number of methoxy groups -OCH3 is 1. The van der Waals surface area contributed by atoms with Crippen molar-refractivity contribution in [3.05, 3.63) is 28.8 Å². The Morgan fingerprint density at radius 3 is 2.63 bits per heavy atom. The van der Waals surface area contributed by atoms with Crippen LogP contribution in [0.25, 0.3) is 10.9 Å². The molecule has 0 radical (unpaired) electrons. The van der Waals surface area contributed by atoms with E-state index in [-0.39, 0.29) is 6.10 Å². The Balaban J connectivity index is 2.61. The summed E-state index contributed by atoms with van der Waals surface area (Å²) in [6.45, 7) is 3.84. The lowest BCUT2D eigenvalue weighted by Crippen LogP contribution is -2.06. The zero-order valence-corrected chi connectivity index (χ0v) is 11.7. The number of benzene rings is 1. The molecule has 0 aliphatic rings. The number of ether oxygens (including phenoxy) is 2. The molecule has 0 bridgehead atoms. The zero-order valence-electron chi connectivity index (χ0n) is 10.9. The van der Waals surface area contributed by atoms with Gasteiger partial charge in [-0.25, -0.2) is 4.98 Å². The highest BCUT2D eigenvalue weighted by Gasteiger charge is 2.11. The Morgan fingerprint density at radius 2 is 2.05 bits per heavy atom. The molecule has 0 amide bonds. The second-order valence-electron chi connectivity index (χ2n) is 4.35. The fourth-order valence-corrected chi connectivity index (χ4v) is 1.98. The summed E-state index contributed by atoms with van der Waals surface area (Å²) in [6.07, 6.45) is 0.726. The molecule has 1 aromatic heterocycles. The van der Waals surface area contributed by atoms with E-state index in [0.717, 1.165) is 5.39 Å². The van der Waals surface area contributed by atoms with Gasteiger partial charge in [0.05, 0.1) is 29.3 Å². The maximum Gasteiger partial charge on any atom is 0.224 e. The summed E-state index contributed by atoms with van der Waals surface area (Å²) in [5, 5.41) is 1.26. The van der Waals surface area contributed by atoms with Crippen molar-refractivity contribution in [2.75, 3.05) is 7.11 Å². The summed E-state index contributed by atoms with van der Waals surface area (Å²) in [5.74, 6) is 0.859. The first kappa shape index (κ1) is 13.6. The number of halogens is 1. The number of carbonyl (C=O) groups excluding carboxylic acids is 1. The van der Waals surface area contributed by atoms with Gasteiger partial charge in [0, 0.05) is 11.5 Å². The van der Waals surface area contributed by atoms with Gasteiger partial charge in [-0.05, 0) is 26.0 Å². The van der Waals surface area contributed by atoms with Gasteiger partial charge >= 0.3 is 0 Å². The van der Waals surface area contributed by atoms with Crippen LogP contribution in [0, 0.1) is 0 Å². The molecule has 1 heterocycles. The van der Waals surface area contributed by atoms with Crippen LogP contribution in [0.5, 0.6) is 11.6 Å². The van der Waals surface area contributed by atoms with Crippen molar-refractivity contribution >= 4 is 28.8 Å². The first-order chi connectivity index (χ1) is 9.05. The predicted octanol–water partition coefficient (Wildman–Crippen LogP) is 3.50. The summed E-state index contributed by atoms with van der Waals surface area (Å²) in [5.41, 5.74) is 1.06. The summed E-state index contributed by atoms with van der Waals surface area (Å²) in [7, 11) is 1.47. The largest absolute Gasteiger partial charge is 0.489 e. The summed E-state index contributed by atoms with van der Waals surface area (Å²) in [6, 6.07) is 5.17. The van der Waals surface area contributed by atoms with Crippen LogP contribution in [0.15, 0.2) is 18.2 Å². The van der Waals surface area contributed by atoms with Gasteiger partial charge in [0.25, 0.3) is 0 Å². The standard InChI is InChI=1S/C14H14ClNO3/c1-8(2)19-13-6-12-9(5-11(13)15)4-10(7-17)14(16-12)18-3/h4-8H,1-3H3. The van der Waals surface area contributed by atoms with Crippen molar-refractivity contribution in [3.8, 4) is 11.6 Å². The molecule has 0 N–H and O–H groups in total. The second kappa shape index (κ2) is 5.45. The normalized spacial score (nSPS) is 10.8. The molecule has 5 heteroatoms.